The van der Waals surface area contributed by atoms with Gasteiger partial charge in [-0.2, -0.15) is 0 Å². The maximum atomic E-state index is 13.0. The topological polar surface area (TPSA) is 92.0 Å². The molecule has 9 nitrogen and oxygen atoms in total. The first kappa shape index (κ1) is 19.4. The van der Waals surface area contributed by atoms with Gasteiger partial charge in [-0.25, -0.2) is 4.79 Å². The van der Waals surface area contributed by atoms with Crippen LogP contribution in [0.5, 0.6) is 0 Å². The van der Waals surface area contributed by atoms with Crippen LogP contribution in [0.1, 0.15) is 46.4 Å². The fourth-order valence-electron chi connectivity index (χ4n) is 3.41. The zero-order valence-electron chi connectivity index (χ0n) is 16.6. The molecular formula is C18H29N5O4. The first-order valence-electron chi connectivity index (χ1n) is 9.64. The molecule has 3 rings (SSSR count). The molecule has 1 unspecified atom stereocenters. The van der Waals surface area contributed by atoms with Crippen molar-refractivity contribution in [2.45, 2.75) is 58.6 Å². The summed E-state index contributed by atoms with van der Waals surface area (Å²) in [6, 6.07) is 0.0803. The third-order valence-corrected chi connectivity index (χ3v) is 4.79. The first-order chi connectivity index (χ1) is 12.8. The molecule has 0 aliphatic carbocycles. The number of nitrogens with zero attached hydrogens (tertiary/aromatic N) is 5. The molecule has 1 atom stereocenters. The second kappa shape index (κ2) is 7.74. The molecule has 2 fully saturated rings. The Kier molecular flexibility index (Phi) is 5.57. The third-order valence-electron chi connectivity index (χ3n) is 4.79. The van der Waals surface area contributed by atoms with Gasteiger partial charge in [0.05, 0.1) is 0 Å². The van der Waals surface area contributed by atoms with Gasteiger partial charge < -0.3 is 19.0 Å². The van der Waals surface area contributed by atoms with Gasteiger partial charge in [-0.15, -0.1) is 5.10 Å². The van der Waals surface area contributed by atoms with E-state index in [0.29, 0.717) is 57.5 Å². The summed E-state index contributed by atoms with van der Waals surface area (Å²) in [5, 5.41) is 8.05. The van der Waals surface area contributed by atoms with Crippen molar-refractivity contribution in [3.8, 4) is 0 Å². The van der Waals surface area contributed by atoms with Crippen molar-refractivity contribution in [2.75, 3.05) is 37.6 Å². The van der Waals surface area contributed by atoms with Crippen LogP contribution in [0.4, 0.5) is 10.8 Å². The number of ether oxygens (including phenoxy) is 1. The van der Waals surface area contributed by atoms with Crippen LogP contribution in [-0.4, -0.2) is 76.4 Å². The summed E-state index contributed by atoms with van der Waals surface area (Å²) in [6.45, 7) is 10.4. The normalized spacial score (nSPS) is 20.9. The molecular weight excluding hydrogens is 350 g/mol. The van der Waals surface area contributed by atoms with E-state index in [-0.39, 0.29) is 5.91 Å². The van der Waals surface area contributed by atoms with Crippen LogP contribution in [0.3, 0.4) is 0 Å². The molecule has 0 spiro atoms. The number of aromatic nitrogens is 2. The first-order valence-corrected chi connectivity index (χ1v) is 9.64. The van der Waals surface area contributed by atoms with Gasteiger partial charge >= 0.3 is 12.1 Å². The Labute approximate surface area is 159 Å². The molecule has 9 heteroatoms. The van der Waals surface area contributed by atoms with E-state index in [1.807, 2.05) is 37.5 Å². The molecule has 150 valence electrons. The van der Waals surface area contributed by atoms with Crippen LogP contribution in [-0.2, 0) is 16.0 Å². The van der Waals surface area contributed by atoms with Gasteiger partial charge in [0, 0.05) is 39.1 Å². The number of carbonyl (C=O) groups excluding carboxylic acids is 2. The molecule has 27 heavy (non-hydrogen) atoms. The summed E-state index contributed by atoms with van der Waals surface area (Å²) < 4.78 is 11.1. The maximum Gasteiger partial charge on any atom is 0.410 e. The van der Waals surface area contributed by atoms with Gasteiger partial charge in [-0.1, -0.05) is 12.0 Å². The molecule has 3 heterocycles. The largest absolute Gasteiger partial charge is 0.444 e. The molecule has 2 aliphatic heterocycles. The highest BCUT2D eigenvalue weighted by Crippen LogP contribution is 2.23. The lowest BCUT2D eigenvalue weighted by Crippen LogP contribution is -2.55. The van der Waals surface area contributed by atoms with Gasteiger partial charge in [-0.05, 0) is 33.6 Å². The van der Waals surface area contributed by atoms with Crippen molar-refractivity contribution in [1.29, 1.82) is 0 Å². The average Bonchev–Trinajstić information content (AvgIpc) is 3.29. The SMILES string of the molecule is CCc1nnc(N2CCN(C(=O)C3CCCN3C(=O)OC(C)(C)C)CC2)o1. The van der Waals surface area contributed by atoms with Crippen molar-refractivity contribution in [3.05, 3.63) is 5.89 Å². The van der Waals surface area contributed by atoms with E-state index in [2.05, 4.69) is 10.2 Å². The van der Waals surface area contributed by atoms with E-state index in [0.717, 1.165) is 6.42 Å². The predicted octanol–water partition coefficient (Wildman–Crippen LogP) is 1.68. The van der Waals surface area contributed by atoms with E-state index in [4.69, 9.17) is 9.15 Å². The Morgan fingerprint density at radius 1 is 1.15 bits per heavy atom. The Morgan fingerprint density at radius 2 is 1.85 bits per heavy atom. The van der Waals surface area contributed by atoms with Gasteiger partial charge in [0.1, 0.15) is 11.6 Å². The van der Waals surface area contributed by atoms with E-state index >= 15 is 0 Å². The zero-order valence-corrected chi connectivity index (χ0v) is 16.6. The van der Waals surface area contributed by atoms with Gasteiger partial charge in [-0.3, -0.25) is 9.69 Å². The number of hydrogen-bond donors (Lipinski definition) is 0. The fraction of sp³-hybridized carbons (Fsp3) is 0.778. The number of aryl methyl sites for hydroxylation is 1. The number of likely N-dealkylation sites (tertiary alicyclic amines) is 1. The van der Waals surface area contributed by atoms with Crippen molar-refractivity contribution >= 4 is 18.0 Å². The molecule has 2 amide bonds. The minimum Gasteiger partial charge on any atom is -0.444 e. The molecule has 0 bridgehead atoms. The standard InChI is InChI=1S/C18H29N5O4/c1-5-14-19-20-16(26-14)22-11-9-21(10-12-22)15(24)13-7-6-8-23(13)17(25)27-18(2,3)4/h13H,5-12H2,1-4H3. The van der Waals surface area contributed by atoms with Gasteiger partial charge in [0.25, 0.3) is 0 Å². The van der Waals surface area contributed by atoms with Crippen molar-refractivity contribution in [1.82, 2.24) is 20.0 Å². The van der Waals surface area contributed by atoms with E-state index in [1.165, 1.54) is 0 Å². The Hall–Kier alpha value is -2.32. The van der Waals surface area contributed by atoms with Gasteiger partial charge in [0.15, 0.2) is 0 Å². The summed E-state index contributed by atoms with van der Waals surface area (Å²) in [5.74, 6) is 0.611. The predicted molar refractivity (Wildman–Crippen MR) is 98.4 cm³/mol. The molecule has 0 saturated carbocycles. The lowest BCUT2D eigenvalue weighted by Gasteiger charge is -2.36. The summed E-state index contributed by atoms with van der Waals surface area (Å²) in [5.41, 5.74) is -0.569. The maximum absolute atomic E-state index is 13.0. The molecule has 0 N–H and O–H groups in total. The van der Waals surface area contributed by atoms with E-state index in [1.54, 1.807) is 4.90 Å². The van der Waals surface area contributed by atoms with Crippen LogP contribution in [0.15, 0.2) is 4.42 Å². The molecule has 1 aromatic rings. The summed E-state index contributed by atoms with van der Waals surface area (Å²) in [7, 11) is 0. The van der Waals surface area contributed by atoms with E-state index < -0.39 is 17.7 Å². The zero-order chi connectivity index (χ0) is 19.6. The number of anilines is 1. The monoisotopic (exact) mass is 379 g/mol. The number of rotatable bonds is 3. The Balaban J connectivity index is 1.57. The second-order valence-electron chi connectivity index (χ2n) is 7.98. The number of piperazine rings is 1. The van der Waals surface area contributed by atoms with Crippen LogP contribution in [0.2, 0.25) is 0 Å². The van der Waals surface area contributed by atoms with Gasteiger partial charge in [0.2, 0.25) is 11.8 Å². The lowest BCUT2D eigenvalue weighted by atomic mass is 10.1. The van der Waals surface area contributed by atoms with Crippen molar-refractivity contribution in [3.63, 3.8) is 0 Å². The highest BCUT2D eigenvalue weighted by atomic mass is 16.6. The smallest absolute Gasteiger partial charge is 0.410 e. The Morgan fingerprint density at radius 3 is 2.44 bits per heavy atom. The van der Waals surface area contributed by atoms with Crippen LogP contribution < -0.4 is 4.90 Å². The Bertz CT molecular complexity index is 676. The summed E-state index contributed by atoms with van der Waals surface area (Å²) in [4.78, 5) is 30.8. The molecule has 2 aliphatic rings. The van der Waals surface area contributed by atoms with Crippen LogP contribution in [0, 0.1) is 0 Å². The summed E-state index contributed by atoms with van der Waals surface area (Å²) >= 11 is 0. The fourth-order valence-corrected chi connectivity index (χ4v) is 3.41. The lowest BCUT2D eigenvalue weighted by molar-refractivity contribution is -0.136. The highest BCUT2D eigenvalue weighted by molar-refractivity contribution is 5.86. The number of carbonyl (C=O) groups is 2. The van der Waals surface area contributed by atoms with Crippen LogP contribution >= 0.6 is 0 Å². The quantitative estimate of drug-likeness (QED) is 0.789. The second-order valence-corrected chi connectivity index (χ2v) is 7.98. The number of amides is 2. The minimum atomic E-state index is -0.569. The van der Waals surface area contributed by atoms with Crippen LogP contribution in [0.25, 0.3) is 0 Å². The molecule has 2 saturated heterocycles. The van der Waals surface area contributed by atoms with Crippen molar-refractivity contribution in [2.24, 2.45) is 0 Å². The molecule has 0 radical (unpaired) electrons. The molecule has 0 aromatic carbocycles. The highest BCUT2D eigenvalue weighted by Gasteiger charge is 2.39. The van der Waals surface area contributed by atoms with E-state index in [9.17, 15) is 9.59 Å². The van der Waals surface area contributed by atoms with Crippen molar-refractivity contribution < 1.29 is 18.7 Å². The number of hydrogen-bond acceptors (Lipinski definition) is 7. The summed E-state index contributed by atoms with van der Waals surface area (Å²) in [6.07, 6.45) is 1.79. The average molecular weight is 379 g/mol. The third kappa shape index (κ3) is 4.51. The minimum absolute atomic E-state index is 0.00205. The molecule has 1 aromatic heterocycles.